The van der Waals surface area contributed by atoms with Crippen molar-refractivity contribution in [3.05, 3.63) is 54.0 Å². The van der Waals surface area contributed by atoms with Crippen molar-refractivity contribution < 1.29 is 4.74 Å². The van der Waals surface area contributed by atoms with E-state index in [1.165, 1.54) is 19.3 Å². The van der Waals surface area contributed by atoms with E-state index in [1.807, 2.05) is 36.7 Å². The van der Waals surface area contributed by atoms with Gasteiger partial charge in [0.25, 0.3) is 0 Å². The van der Waals surface area contributed by atoms with Gasteiger partial charge in [-0.05, 0) is 43.4 Å². The van der Waals surface area contributed by atoms with E-state index in [0.717, 1.165) is 48.9 Å². The van der Waals surface area contributed by atoms with Crippen molar-refractivity contribution in [2.24, 2.45) is 4.99 Å². The van der Waals surface area contributed by atoms with Gasteiger partial charge in [-0.25, -0.2) is 4.98 Å². The third-order valence-corrected chi connectivity index (χ3v) is 4.72. The predicted molar refractivity (Wildman–Crippen MR) is 108 cm³/mol. The van der Waals surface area contributed by atoms with Gasteiger partial charge in [-0.1, -0.05) is 18.6 Å². The number of ether oxygens (including phenoxy) is 1. The average Bonchev–Trinajstić information content (AvgIpc) is 2.73. The van der Waals surface area contributed by atoms with Crippen molar-refractivity contribution in [2.45, 2.75) is 51.2 Å². The molecule has 2 aromatic heterocycles. The minimum absolute atomic E-state index is 0.331. The van der Waals surface area contributed by atoms with Crippen LogP contribution in [0.1, 0.15) is 43.4 Å². The smallest absolute Gasteiger partial charge is 0.213 e. The molecule has 0 bridgehead atoms. The Labute approximate surface area is 161 Å². The molecule has 2 heterocycles. The summed E-state index contributed by atoms with van der Waals surface area (Å²) in [6.45, 7) is 1.45. The molecule has 0 spiro atoms. The molecule has 3 rings (SSSR count). The second kappa shape index (κ2) is 10.5. The second-order valence-corrected chi connectivity index (χ2v) is 6.81. The zero-order valence-corrected chi connectivity index (χ0v) is 16.0. The van der Waals surface area contributed by atoms with Crippen molar-refractivity contribution >= 4 is 5.96 Å². The molecular formula is C21H29N5O. The molecule has 1 saturated carbocycles. The van der Waals surface area contributed by atoms with Crippen LogP contribution in [0.3, 0.4) is 0 Å². The van der Waals surface area contributed by atoms with E-state index in [9.17, 15) is 0 Å². The molecular weight excluding hydrogens is 338 g/mol. The summed E-state index contributed by atoms with van der Waals surface area (Å²) in [6.07, 6.45) is 11.0. The number of guanidine groups is 1. The van der Waals surface area contributed by atoms with Crippen LogP contribution in [0, 0.1) is 0 Å². The molecule has 0 saturated heterocycles. The summed E-state index contributed by atoms with van der Waals surface area (Å²) >= 11 is 0. The highest BCUT2D eigenvalue weighted by Crippen LogP contribution is 2.22. The Morgan fingerprint density at radius 3 is 2.70 bits per heavy atom. The van der Waals surface area contributed by atoms with E-state index in [0.29, 0.717) is 12.6 Å². The first-order valence-electron chi connectivity index (χ1n) is 9.79. The highest BCUT2D eigenvalue weighted by atomic mass is 16.5. The molecule has 6 heteroatoms. The molecule has 1 fully saturated rings. The predicted octanol–water partition coefficient (Wildman–Crippen LogP) is 3.10. The number of rotatable bonds is 7. The fourth-order valence-electron chi connectivity index (χ4n) is 3.20. The minimum atomic E-state index is 0.331. The first-order chi connectivity index (χ1) is 13.3. The van der Waals surface area contributed by atoms with E-state index >= 15 is 0 Å². The van der Waals surface area contributed by atoms with Crippen LogP contribution in [0.5, 0.6) is 5.88 Å². The van der Waals surface area contributed by atoms with Crippen LogP contribution in [0.25, 0.3) is 0 Å². The Morgan fingerprint density at radius 1 is 1.11 bits per heavy atom. The number of aliphatic imine (C=N–C) groups is 1. The lowest BCUT2D eigenvalue weighted by atomic mass is 9.98. The van der Waals surface area contributed by atoms with Crippen LogP contribution in [0.4, 0.5) is 0 Å². The number of nitrogens with one attached hydrogen (secondary N) is 2. The van der Waals surface area contributed by atoms with Crippen LogP contribution in [0.15, 0.2) is 47.7 Å². The van der Waals surface area contributed by atoms with E-state index in [1.54, 1.807) is 7.05 Å². The third-order valence-electron chi connectivity index (χ3n) is 4.72. The number of aromatic nitrogens is 2. The molecule has 1 aliphatic rings. The summed E-state index contributed by atoms with van der Waals surface area (Å²) in [5.74, 6) is 1.50. The summed E-state index contributed by atoms with van der Waals surface area (Å²) in [4.78, 5) is 13.0. The molecule has 0 unspecified atom stereocenters. The van der Waals surface area contributed by atoms with Gasteiger partial charge in [-0.2, -0.15) is 0 Å². The Balaban J connectivity index is 1.40. The zero-order chi connectivity index (χ0) is 18.7. The van der Waals surface area contributed by atoms with Gasteiger partial charge in [0.1, 0.15) is 6.10 Å². The maximum absolute atomic E-state index is 5.98. The molecule has 0 aliphatic heterocycles. The molecule has 2 aromatic rings. The van der Waals surface area contributed by atoms with Crippen molar-refractivity contribution in [1.82, 2.24) is 20.6 Å². The number of nitrogens with zero attached hydrogens (tertiary/aromatic N) is 3. The molecule has 0 aromatic carbocycles. The first kappa shape index (κ1) is 19.1. The normalized spacial score (nSPS) is 15.4. The SMILES string of the molecule is CN=C(NCCc1ccccn1)NCc1ccc(OC2CCCCC2)nc1. The van der Waals surface area contributed by atoms with Gasteiger partial charge in [0, 0.05) is 50.7 Å². The Morgan fingerprint density at radius 2 is 2.00 bits per heavy atom. The summed E-state index contributed by atoms with van der Waals surface area (Å²) in [5.41, 5.74) is 2.16. The highest BCUT2D eigenvalue weighted by molar-refractivity contribution is 5.79. The number of pyridine rings is 2. The van der Waals surface area contributed by atoms with Crippen LogP contribution < -0.4 is 15.4 Å². The monoisotopic (exact) mass is 367 g/mol. The number of hydrogen-bond donors (Lipinski definition) is 2. The van der Waals surface area contributed by atoms with Gasteiger partial charge >= 0.3 is 0 Å². The molecule has 0 atom stereocenters. The second-order valence-electron chi connectivity index (χ2n) is 6.81. The van der Waals surface area contributed by atoms with E-state index in [2.05, 4.69) is 31.7 Å². The van der Waals surface area contributed by atoms with E-state index in [4.69, 9.17) is 4.74 Å². The van der Waals surface area contributed by atoms with Crippen LogP contribution in [0.2, 0.25) is 0 Å². The average molecular weight is 367 g/mol. The largest absolute Gasteiger partial charge is 0.474 e. The van der Waals surface area contributed by atoms with Gasteiger partial charge in [0.05, 0.1) is 0 Å². The fourth-order valence-corrected chi connectivity index (χ4v) is 3.20. The quantitative estimate of drug-likeness (QED) is 0.581. The first-order valence-corrected chi connectivity index (χ1v) is 9.79. The lowest BCUT2D eigenvalue weighted by molar-refractivity contribution is 0.148. The standard InChI is InChI=1S/C21H29N5O/c1-22-21(24-14-12-18-7-5-6-13-23-18)26-16-17-10-11-20(25-15-17)27-19-8-3-2-4-9-19/h5-7,10-11,13,15,19H,2-4,8-9,12,14,16H2,1H3,(H2,22,24,26). The van der Waals surface area contributed by atoms with Crippen LogP contribution in [-0.2, 0) is 13.0 Å². The summed E-state index contributed by atoms with van der Waals surface area (Å²) in [7, 11) is 1.77. The summed E-state index contributed by atoms with van der Waals surface area (Å²) < 4.78 is 5.98. The van der Waals surface area contributed by atoms with Gasteiger partial charge in [0.2, 0.25) is 5.88 Å². The zero-order valence-electron chi connectivity index (χ0n) is 16.0. The van der Waals surface area contributed by atoms with Gasteiger partial charge in [-0.3, -0.25) is 9.98 Å². The molecule has 144 valence electrons. The molecule has 2 N–H and O–H groups in total. The fraction of sp³-hybridized carbons (Fsp3) is 0.476. The number of hydrogen-bond acceptors (Lipinski definition) is 4. The van der Waals surface area contributed by atoms with E-state index in [-0.39, 0.29) is 0 Å². The van der Waals surface area contributed by atoms with Crippen molar-refractivity contribution in [2.75, 3.05) is 13.6 Å². The third kappa shape index (κ3) is 6.55. The van der Waals surface area contributed by atoms with Gasteiger partial charge in [0.15, 0.2) is 5.96 Å². The van der Waals surface area contributed by atoms with Crippen LogP contribution >= 0.6 is 0 Å². The van der Waals surface area contributed by atoms with Gasteiger partial charge in [-0.15, -0.1) is 0 Å². The van der Waals surface area contributed by atoms with Gasteiger partial charge < -0.3 is 15.4 Å². The van der Waals surface area contributed by atoms with Crippen molar-refractivity contribution in [1.29, 1.82) is 0 Å². The lowest BCUT2D eigenvalue weighted by Crippen LogP contribution is -2.37. The maximum atomic E-state index is 5.98. The molecule has 0 radical (unpaired) electrons. The van der Waals surface area contributed by atoms with E-state index < -0.39 is 0 Å². The Hall–Kier alpha value is -2.63. The minimum Gasteiger partial charge on any atom is -0.474 e. The molecule has 27 heavy (non-hydrogen) atoms. The Bertz CT molecular complexity index is 696. The highest BCUT2D eigenvalue weighted by Gasteiger charge is 2.15. The van der Waals surface area contributed by atoms with Crippen molar-refractivity contribution in [3.63, 3.8) is 0 Å². The Kier molecular flexibility index (Phi) is 7.45. The topological polar surface area (TPSA) is 71.4 Å². The lowest BCUT2D eigenvalue weighted by Gasteiger charge is -2.22. The maximum Gasteiger partial charge on any atom is 0.213 e. The summed E-state index contributed by atoms with van der Waals surface area (Å²) in [5, 5.41) is 6.62. The molecule has 6 nitrogen and oxygen atoms in total. The van der Waals surface area contributed by atoms with Crippen LogP contribution in [-0.4, -0.2) is 35.6 Å². The van der Waals surface area contributed by atoms with Crippen molar-refractivity contribution in [3.8, 4) is 5.88 Å². The summed E-state index contributed by atoms with van der Waals surface area (Å²) in [6, 6.07) is 9.98. The molecule has 1 aliphatic carbocycles. The molecule has 0 amide bonds.